The zero-order valence-corrected chi connectivity index (χ0v) is 18.8. The maximum Gasteiger partial charge on any atom is 0.326 e. The second-order valence-corrected chi connectivity index (χ2v) is 8.68. The summed E-state index contributed by atoms with van der Waals surface area (Å²) in [5.41, 5.74) is 5.24. The molecule has 3 N–H and O–H groups in total. The van der Waals surface area contributed by atoms with Gasteiger partial charge in [0.1, 0.15) is 11.8 Å². The van der Waals surface area contributed by atoms with Gasteiger partial charge in [0.2, 0.25) is 5.91 Å². The highest BCUT2D eigenvalue weighted by molar-refractivity contribution is 6.32. The van der Waals surface area contributed by atoms with Crippen LogP contribution in [0.25, 0.3) is 11.0 Å². The topological polar surface area (TPSA) is 99.5 Å². The van der Waals surface area contributed by atoms with Crippen molar-refractivity contribution >= 4 is 39.9 Å². The fraction of sp³-hybridized carbons (Fsp3) is 0.160. The van der Waals surface area contributed by atoms with Crippen LogP contribution in [0.15, 0.2) is 64.4 Å². The lowest BCUT2D eigenvalue weighted by molar-refractivity contribution is -0.117. The Hall–Kier alpha value is -3.84. The molecule has 1 unspecified atom stereocenters. The number of H-pyrrole nitrogens is 1. The number of amides is 1. The number of halogens is 1. The van der Waals surface area contributed by atoms with E-state index in [0.29, 0.717) is 33.8 Å². The number of aryl methyl sites for hydroxylation is 2. The van der Waals surface area contributed by atoms with Gasteiger partial charge in [-0.3, -0.25) is 14.4 Å². The van der Waals surface area contributed by atoms with Gasteiger partial charge in [0.05, 0.1) is 22.4 Å². The van der Waals surface area contributed by atoms with Crippen LogP contribution < -0.4 is 11.0 Å². The van der Waals surface area contributed by atoms with Crippen LogP contribution in [-0.4, -0.2) is 32.3 Å². The van der Waals surface area contributed by atoms with E-state index < -0.39 is 6.04 Å². The van der Waals surface area contributed by atoms with Crippen molar-refractivity contribution in [2.24, 2.45) is 12.0 Å². The van der Waals surface area contributed by atoms with Gasteiger partial charge in [-0.2, -0.15) is 0 Å². The average molecular weight is 461 g/mol. The number of hydrogen-bond acceptors (Lipinski definition) is 4. The quantitative estimate of drug-likeness (QED) is 0.404. The number of aromatic hydroxyl groups is 1. The molecule has 0 fully saturated rings. The van der Waals surface area contributed by atoms with E-state index in [4.69, 9.17) is 16.6 Å². The van der Waals surface area contributed by atoms with E-state index in [-0.39, 0.29) is 23.0 Å². The van der Waals surface area contributed by atoms with Gasteiger partial charge >= 0.3 is 5.69 Å². The van der Waals surface area contributed by atoms with Gasteiger partial charge in [-0.15, -0.1) is 0 Å². The second kappa shape index (κ2) is 7.94. The summed E-state index contributed by atoms with van der Waals surface area (Å²) < 4.78 is 1.52. The predicted octanol–water partition coefficient (Wildman–Crippen LogP) is 3.93. The maximum atomic E-state index is 13.1. The molecule has 1 amide bonds. The summed E-state index contributed by atoms with van der Waals surface area (Å²) in [6.45, 7) is 2.01. The number of aromatic nitrogens is 2. The molecule has 0 radical (unpaired) electrons. The van der Waals surface area contributed by atoms with E-state index in [1.165, 1.54) is 10.6 Å². The summed E-state index contributed by atoms with van der Waals surface area (Å²) in [5.74, 6) is -0.456. The Kier molecular flexibility index (Phi) is 5.06. The number of carbonyl (C=O) groups is 1. The van der Waals surface area contributed by atoms with Gasteiger partial charge in [-0.05, 0) is 30.7 Å². The highest BCUT2D eigenvalue weighted by Gasteiger charge is 2.28. The number of carbonyl (C=O) groups excluding carboxylic acids is 1. The lowest BCUT2D eigenvalue weighted by atomic mass is 9.99. The zero-order valence-electron chi connectivity index (χ0n) is 18.0. The third kappa shape index (κ3) is 3.81. The molecule has 0 spiro atoms. The molecule has 0 bridgehead atoms. The second-order valence-electron chi connectivity index (χ2n) is 8.24. The van der Waals surface area contributed by atoms with Gasteiger partial charge in [0.25, 0.3) is 0 Å². The van der Waals surface area contributed by atoms with Crippen molar-refractivity contribution in [2.45, 2.75) is 19.4 Å². The number of imidazole rings is 1. The molecule has 0 saturated carbocycles. The normalized spacial score (nSPS) is 15.7. The van der Waals surface area contributed by atoms with Gasteiger partial charge in [0.15, 0.2) is 0 Å². The lowest BCUT2D eigenvalue weighted by Gasteiger charge is -2.12. The van der Waals surface area contributed by atoms with Crippen molar-refractivity contribution in [1.82, 2.24) is 9.55 Å². The molecule has 4 aromatic rings. The van der Waals surface area contributed by atoms with Crippen LogP contribution in [0.4, 0.5) is 5.69 Å². The zero-order chi connectivity index (χ0) is 23.3. The number of aromatic amines is 1. The molecule has 166 valence electrons. The van der Waals surface area contributed by atoms with Gasteiger partial charge < -0.3 is 15.4 Å². The minimum Gasteiger partial charge on any atom is -0.506 e. The number of benzene rings is 3. The number of fused-ring (bicyclic) bond motifs is 2. The standard InChI is InChI=1S/C25H21ClN4O3/c1-13-3-5-14(6-4-13)9-19-24(32)29-23-17(11-16(26)12-21(23)31)22(27-19)15-7-8-20-18(10-15)28-25(33)30(20)2/h3-8,10-12,19,31H,9H2,1-2H3,(H,28,33)(H,29,32). The fourth-order valence-electron chi connectivity index (χ4n) is 4.10. The van der Waals surface area contributed by atoms with E-state index in [1.807, 2.05) is 49.4 Å². The van der Waals surface area contributed by atoms with Gasteiger partial charge in [-0.25, -0.2) is 4.79 Å². The molecule has 2 heterocycles. The number of phenolic OH excluding ortho intramolecular Hbond substituents is 1. The smallest absolute Gasteiger partial charge is 0.326 e. The van der Waals surface area contributed by atoms with Crippen LogP contribution in [0.1, 0.15) is 22.3 Å². The first kappa shape index (κ1) is 21.0. The Morgan fingerprint density at radius 1 is 1.09 bits per heavy atom. The van der Waals surface area contributed by atoms with Crippen molar-refractivity contribution in [3.05, 3.63) is 92.4 Å². The Bertz CT molecular complexity index is 1500. The van der Waals surface area contributed by atoms with Crippen LogP contribution in [0.2, 0.25) is 5.02 Å². The Morgan fingerprint density at radius 3 is 2.61 bits per heavy atom. The minimum atomic E-state index is -0.723. The molecular formula is C25H21ClN4O3. The van der Waals surface area contributed by atoms with Crippen molar-refractivity contribution in [3.8, 4) is 5.75 Å². The first-order chi connectivity index (χ1) is 15.8. The molecule has 0 aliphatic carbocycles. The van der Waals surface area contributed by atoms with Crippen molar-refractivity contribution in [2.75, 3.05) is 5.32 Å². The molecule has 1 atom stereocenters. The summed E-state index contributed by atoms with van der Waals surface area (Å²) in [5, 5.41) is 13.7. The third-order valence-corrected chi connectivity index (χ3v) is 6.12. The average Bonchev–Trinajstić information content (AvgIpc) is 2.98. The SMILES string of the molecule is Cc1ccc(CC2N=C(c3ccc4c(c3)[nH]c(=O)n4C)c3cc(Cl)cc(O)c3NC2=O)cc1. The summed E-state index contributed by atoms with van der Waals surface area (Å²) in [7, 11) is 1.69. The minimum absolute atomic E-state index is 0.135. The van der Waals surface area contributed by atoms with Crippen molar-refractivity contribution in [1.29, 1.82) is 0 Å². The number of rotatable bonds is 3. The summed E-state index contributed by atoms with van der Waals surface area (Å²) in [6.07, 6.45) is 0.391. The highest BCUT2D eigenvalue weighted by atomic mass is 35.5. The number of benzodiazepines with no additional fused rings is 1. The molecule has 3 aromatic carbocycles. The molecule has 5 rings (SSSR count). The van der Waals surface area contributed by atoms with E-state index in [2.05, 4.69) is 10.3 Å². The van der Waals surface area contributed by atoms with Crippen molar-refractivity contribution in [3.63, 3.8) is 0 Å². The first-order valence-electron chi connectivity index (χ1n) is 10.5. The van der Waals surface area contributed by atoms with Gasteiger partial charge in [0, 0.05) is 35.7 Å². The van der Waals surface area contributed by atoms with E-state index >= 15 is 0 Å². The Morgan fingerprint density at radius 2 is 1.85 bits per heavy atom. The number of aliphatic imine (C=N–C) groups is 1. The van der Waals surface area contributed by atoms with Crippen LogP contribution in [0.3, 0.4) is 0 Å². The molecule has 8 heteroatoms. The largest absolute Gasteiger partial charge is 0.506 e. The van der Waals surface area contributed by atoms with Gasteiger partial charge in [-0.1, -0.05) is 47.5 Å². The highest BCUT2D eigenvalue weighted by Crippen LogP contribution is 2.36. The fourth-order valence-corrected chi connectivity index (χ4v) is 4.31. The molecule has 7 nitrogen and oxygen atoms in total. The monoisotopic (exact) mass is 460 g/mol. The maximum absolute atomic E-state index is 13.1. The van der Waals surface area contributed by atoms with E-state index in [9.17, 15) is 14.7 Å². The number of nitrogens with zero attached hydrogens (tertiary/aromatic N) is 2. The number of nitrogens with one attached hydrogen (secondary N) is 2. The summed E-state index contributed by atoms with van der Waals surface area (Å²) in [4.78, 5) is 32.8. The van der Waals surface area contributed by atoms with E-state index in [0.717, 1.165) is 16.6 Å². The first-order valence-corrected chi connectivity index (χ1v) is 10.8. The molecule has 1 aromatic heterocycles. The summed E-state index contributed by atoms with van der Waals surface area (Å²) in [6, 6.07) is 15.8. The number of anilines is 1. The molecular weight excluding hydrogens is 440 g/mol. The van der Waals surface area contributed by atoms with Crippen molar-refractivity contribution < 1.29 is 9.90 Å². The Balaban J connectivity index is 1.69. The Labute approximate surface area is 194 Å². The third-order valence-electron chi connectivity index (χ3n) is 5.90. The van der Waals surface area contributed by atoms with Crippen LogP contribution >= 0.6 is 11.6 Å². The molecule has 1 aliphatic rings. The summed E-state index contributed by atoms with van der Waals surface area (Å²) >= 11 is 6.25. The molecule has 0 saturated heterocycles. The predicted molar refractivity (Wildman–Crippen MR) is 130 cm³/mol. The lowest BCUT2D eigenvalue weighted by Crippen LogP contribution is -2.27. The number of hydrogen-bond donors (Lipinski definition) is 3. The van der Waals surface area contributed by atoms with Crippen LogP contribution in [0.5, 0.6) is 5.75 Å². The van der Waals surface area contributed by atoms with Crippen LogP contribution in [-0.2, 0) is 18.3 Å². The number of phenols is 1. The van der Waals surface area contributed by atoms with E-state index in [1.54, 1.807) is 13.1 Å². The molecule has 33 heavy (non-hydrogen) atoms. The van der Waals surface area contributed by atoms with Crippen LogP contribution in [0, 0.1) is 6.92 Å². The molecule has 1 aliphatic heterocycles.